The summed E-state index contributed by atoms with van der Waals surface area (Å²) in [5.41, 5.74) is 7.55. The second kappa shape index (κ2) is 5.94. The molecule has 1 heterocycles. The zero-order valence-corrected chi connectivity index (χ0v) is 12.7. The zero-order valence-electron chi connectivity index (χ0n) is 12.7. The first kappa shape index (κ1) is 15.0. The van der Waals surface area contributed by atoms with Crippen molar-refractivity contribution in [2.24, 2.45) is 17.6 Å². The van der Waals surface area contributed by atoms with Gasteiger partial charge >= 0.3 is 0 Å². The Bertz CT molecular complexity index is 472. The molecule has 1 fully saturated rings. The lowest BCUT2D eigenvalue weighted by atomic mass is 9.88. The minimum atomic E-state index is -0.0795. The molecular formula is C16H24N2O2. The van der Waals surface area contributed by atoms with Crippen molar-refractivity contribution in [3.63, 3.8) is 0 Å². The van der Waals surface area contributed by atoms with E-state index in [1.807, 2.05) is 45.2 Å². The molecule has 4 heteroatoms. The molecule has 20 heavy (non-hydrogen) atoms. The third-order valence-corrected chi connectivity index (χ3v) is 4.42. The highest BCUT2D eigenvalue weighted by Gasteiger charge is 2.42. The molecule has 0 saturated carbocycles. The van der Waals surface area contributed by atoms with Crippen molar-refractivity contribution in [3.8, 4) is 0 Å². The topological polar surface area (TPSA) is 55.6 Å². The van der Waals surface area contributed by atoms with Gasteiger partial charge in [-0.3, -0.25) is 4.79 Å². The van der Waals surface area contributed by atoms with Crippen LogP contribution in [0.25, 0.3) is 0 Å². The molecular weight excluding hydrogens is 252 g/mol. The first-order chi connectivity index (χ1) is 9.45. The molecule has 0 aromatic heterocycles. The summed E-state index contributed by atoms with van der Waals surface area (Å²) in [4.78, 5) is 14.4. The summed E-state index contributed by atoms with van der Waals surface area (Å²) < 4.78 is 5.77. The summed E-state index contributed by atoms with van der Waals surface area (Å²) in [7, 11) is 1.82. The molecule has 1 aromatic rings. The SMILES string of the molecule is CC1OC(C)C(C(=O)N(C)c2ccc(CN)cc2)C1C. The molecule has 4 atom stereocenters. The number of carbonyl (C=O) groups excluding carboxylic acids is 1. The lowest BCUT2D eigenvalue weighted by Gasteiger charge is -2.25. The van der Waals surface area contributed by atoms with Crippen molar-refractivity contribution < 1.29 is 9.53 Å². The van der Waals surface area contributed by atoms with Crippen LogP contribution in [0, 0.1) is 11.8 Å². The number of hydrogen-bond acceptors (Lipinski definition) is 3. The van der Waals surface area contributed by atoms with E-state index in [4.69, 9.17) is 10.5 Å². The molecule has 2 rings (SSSR count). The van der Waals surface area contributed by atoms with Crippen molar-refractivity contribution >= 4 is 11.6 Å². The molecule has 1 amide bonds. The Morgan fingerprint density at radius 3 is 2.25 bits per heavy atom. The van der Waals surface area contributed by atoms with Crippen molar-refractivity contribution in [2.75, 3.05) is 11.9 Å². The van der Waals surface area contributed by atoms with Gasteiger partial charge in [-0.25, -0.2) is 0 Å². The third kappa shape index (κ3) is 2.72. The smallest absolute Gasteiger partial charge is 0.232 e. The van der Waals surface area contributed by atoms with E-state index in [9.17, 15) is 4.79 Å². The number of amides is 1. The van der Waals surface area contributed by atoms with Crippen molar-refractivity contribution in [3.05, 3.63) is 29.8 Å². The van der Waals surface area contributed by atoms with E-state index in [0.717, 1.165) is 11.3 Å². The maximum absolute atomic E-state index is 12.7. The van der Waals surface area contributed by atoms with Crippen LogP contribution in [0.15, 0.2) is 24.3 Å². The van der Waals surface area contributed by atoms with Crippen LogP contribution < -0.4 is 10.6 Å². The second-order valence-corrected chi connectivity index (χ2v) is 5.70. The minimum Gasteiger partial charge on any atom is -0.374 e. The summed E-state index contributed by atoms with van der Waals surface area (Å²) >= 11 is 0. The first-order valence-corrected chi connectivity index (χ1v) is 7.17. The molecule has 0 aliphatic carbocycles. The zero-order chi connectivity index (χ0) is 14.9. The predicted molar refractivity (Wildman–Crippen MR) is 80.4 cm³/mol. The van der Waals surface area contributed by atoms with Crippen molar-refractivity contribution in [2.45, 2.75) is 39.5 Å². The normalized spacial score (nSPS) is 29.4. The second-order valence-electron chi connectivity index (χ2n) is 5.70. The van der Waals surface area contributed by atoms with Crippen LogP contribution >= 0.6 is 0 Å². The third-order valence-electron chi connectivity index (χ3n) is 4.42. The fraction of sp³-hybridized carbons (Fsp3) is 0.562. The number of anilines is 1. The van der Waals surface area contributed by atoms with E-state index in [-0.39, 0.29) is 30.0 Å². The molecule has 4 unspecified atom stereocenters. The van der Waals surface area contributed by atoms with Gasteiger partial charge in [-0.15, -0.1) is 0 Å². The Hall–Kier alpha value is -1.39. The Morgan fingerprint density at radius 2 is 1.80 bits per heavy atom. The van der Waals surface area contributed by atoms with Gasteiger partial charge in [-0.2, -0.15) is 0 Å². The number of nitrogens with two attached hydrogens (primary N) is 1. The first-order valence-electron chi connectivity index (χ1n) is 7.17. The minimum absolute atomic E-state index is 0.0294. The van der Waals surface area contributed by atoms with Crippen LogP contribution in [0.4, 0.5) is 5.69 Å². The summed E-state index contributed by atoms with van der Waals surface area (Å²) in [5, 5.41) is 0. The van der Waals surface area contributed by atoms with Crippen LogP contribution in [0.1, 0.15) is 26.3 Å². The number of ether oxygens (including phenoxy) is 1. The largest absolute Gasteiger partial charge is 0.374 e. The lowest BCUT2D eigenvalue weighted by molar-refractivity contribution is -0.124. The Morgan fingerprint density at radius 1 is 1.20 bits per heavy atom. The Labute approximate surface area is 120 Å². The molecule has 4 nitrogen and oxygen atoms in total. The average molecular weight is 276 g/mol. The molecule has 0 spiro atoms. The summed E-state index contributed by atoms with van der Waals surface area (Å²) in [5.74, 6) is 0.280. The van der Waals surface area contributed by atoms with Crippen LogP contribution in [-0.4, -0.2) is 25.2 Å². The van der Waals surface area contributed by atoms with Gasteiger partial charge in [0.05, 0.1) is 18.1 Å². The molecule has 110 valence electrons. The highest BCUT2D eigenvalue weighted by atomic mass is 16.5. The van der Waals surface area contributed by atoms with Crippen LogP contribution in [-0.2, 0) is 16.1 Å². The molecule has 1 aromatic carbocycles. The van der Waals surface area contributed by atoms with Gasteiger partial charge in [0.25, 0.3) is 0 Å². The number of rotatable bonds is 3. The Balaban J connectivity index is 2.15. The molecule has 0 radical (unpaired) electrons. The highest BCUT2D eigenvalue weighted by Crippen LogP contribution is 2.34. The van der Waals surface area contributed by atoms with E-state index in [1.54, 1.807) is 4.90 Å². The van der Waals surface area contributed by atoms with E-state index in [2.05, 4.69) is 6.92 Å². The van der Waals surface area contributed by atoms with Gasteiger partial charge in [0.1, 0.15) is 0 Å². The maximum atomic E-state index is 12.7. The van der Waals surface area contributed by atoms with Gasteiger partial charge in [0, 0.05) is 19.3 Å². The standard InChI is InChI=1S/C16H24N2O2/c1-10-11(2)20-12(3)15(10)16(19)18(4)14-7-5-13(9-17)6-8-14/h5-8,10-12,15H,9,17H2,1-4H3. The quantitative estimate of drug-likeness (QED) is 0.920. The molecule has 2 N–H and O–H groups in total. The summed E-state index contributed by atoms with van der Waals surface area (Å²) in [6, 6.07) is 7.79. The fourth-order valence-corrected chi connectivity index (χ4v) is 2.90. The van der Waals surface area contributed by atoms with Gasteiger partial charge in [0.15, 0.2) is 0 Å². The van der Waals surface area contributed by atoms with Gasteiger partial charge in [-0.1, -0.05) is 19.1 Å². The number of nitrogens with zero attached hydrogens (tertiary/aromatic N) is 1. The molecule has 1 saturated heterocycles. The molecule has 1 aliphatic heterocycles. The van der Waals surface area contributed by atoms with Crippen molar-refractivity contribution in [1.82, 2.24) is 0 Å². The Kier molecular flexibility index (Phi) is 4.45. The number of benzene rings is 1. The summed E-state index contributed by atoms with van der Waals surface area (Å²) in [6.07, 6.45) is 0.102. The van der Waals surface area contributed by atoms with Crippen LogP contribution in [0.3, 0.4) is 0 Å². The van der Waals surface area contributed by atoms with Gasteiger partial charge in [0.2, 0.25) is 5.91 Å². The van der Waals surface area contributed by atoms with Gasteiger partial charge in [-0.05, 0) is 37.5 Å². The lowest BCUT2D eigenvalue weighted by Crippen LogP contribution is -2.38. The highest BCUT2D eigenvalue weighted by molar-refractivity contribution is 5.95. The predicted octanol–water partition coefficient (Wildman–Crippen LogP) is 2.17. The van der Waals surface area contributed by atoms with Crippen molar-refractivity contribution in [1.29, 1.82) is 0 Å². The molecule has 0 bridgehead atoms. The van der Waals surface area contributed by atoms with Crippen LogP contribution in [0.5, 0.6) is 0 Å². The fourth-order valence-electron chi connectivity index (χ4n) is 2.90. The summed E-state index contributed by atoms with van der Waals surface area (Å²) in [6.45, 7) is 6.61. The monoisotopic (exact) mass is 276 g/mol. The number of carbonyl (C=O) groups is 1. The molecule has 1 aliphatic rings. The van der Waals surface area contributed by atoms with E-state index < -0.39 is 0 Å². The van der Waals surface area contributed by atoms with Gasteiger partial charge < -0.3 is 15.4 Å². The van der Waals surface area contributed by atoms with E-state index >= 15 is 0 Å². The van der Waals surface area contributed by atoms with E-state index in [0.29, 0.717) is 6.54 Å². The van der Waals surface area contributed by atoms with E-state index in [1.165, 1.54) is 0 Å². The maximum Gasteiger partial charge on any atom is 0.232 e. The number of hydrogen-bond donors (Lipinski definition) is 1. The average Bonchev–Trinajstić information content (AvgIpc) is 2.71. The van der Waals surface area contributed by atoms with Crippen LogP contribution in [0.2, 0.25) is 0 Å².